The molecule has 0 unspecified atom stereocenters. The van der Waals surface area contributed by atoms with Gasteiger partial charge in [0.25, 0.3) is 0 Å². The van der Waals surface area contributed by atoms with Gasteiger partial charge in [0.15, 0.2) is 5.96 Å². The van der Waals surface area contributed by atoms with Crippen LogP contribution < -0.4 is 11.1 Å². The molecule has 0 aliphatic heterocycles. The summed E-state index contributed by atoms with van der Waals surface area (Å²) >= 11 is 0. The summed E-state index contributed by atoms with van der Waals surface area (Å²) < 4.78 is 0. The highest BCUT2D eigenvalue weighted by atomic mass is 16.3. The third-order valence-corrected chi connectivity index (χ3v) is 3.38. The second-order valence-corrected chi connectivity index (χ2v) is 4.89. The molecule has 4 nitrogen and oxygen atoms in total. The highest BCUT2D eigenvalue weighted by Gasteiger charge is 2.18. The van der Waals surface area contributed by atoms with Crippen molar-refractivity contribution >= 4 is 11.6 Å². The Kier molecular flexibility index (Phi) is 4.59. The van der Waals surface area contributed by atoms with Crippen LogP contribution in [-0.4, -0.2) is 23.7 Å². The summed E-state index contributed by atoms with van der Waals surface area (Å²) in [5.74, 6) is 1.02. The summed E-state index contributed by atoms with van der Waals surface area (Å²) in [4.78, 5) is 4.37. The van der Waals surface area contributed by atoms with Crippen LogP contribution in [-0.2, 0) is 0 Å². The Morgan fingerprint density at radius 1 is 1.22 bits per heavy atom. The first-order valence-corrected chi connectivity index (χ1v) is 6.54. The Hall–Kier alpha value is -1.55. The fourth-order valence-corrected chi connectivity index (χ4v) is 2.26. The van der Waals surface area contributed by atoms with Gasteiger partial charge in [0.2, 0.25) is 0 Å². The van der Waals surface area contributed by atoms with Crippen LogP contribution in [0.5, 0.6) is 0 Å². The molecule has 0 bridgehead atoms. The van der Waals surface area contributed by atoms with Crippen molar-refractivity contribution in [3.8, 4) is 0 Å². The molecule has 18 heavy (non-hydrogen) atoms. The predicted octanol–water partition coefficient (Wildman–Crippen LogP) is 1.96. The van der Waals surface area contributed by atoms with E-state index in [1.165, 1.54) is 0 Å². The van der Waals surface area contributed by atoms with E-state index >= 15 is 0 Å². The molecule has 1 aromatic carbocycles. The molecule has 1 saturated carbocycles. The number of aliphatic hydroxyl groups excluding tert-OH is 1. The molecule has 2 rings (SSSR count). The number of hydrogen-bond acceptors (Lipinski definition) is 2. The topological polar surface area (TPSA) is 70.6 Å². The maximum Gasteiger partial charge on any atom is 0.193 e. The zero-order chi connectivity index (χ0) is 12.8. The van der Waals surface area contributed by atoms with E-state index in [2.05, 4.69) is 10.3 Å². The first-order chi connectivity index (χ1) is 8.74. The molecule has 0 heterocycles. The highest BCUT2D eigenvalue weighted by molar-refractivity contribution is 5.92. The van der Waals surface area contributed by atoms with Gasteiger partial charge in [-0.3, -0.25) is 4.99 Å². The maximum absolute atomic E-state index is 9.43. The van der Waals surface area contributed by atoms with E-state index in [1.54, 1.807) is 0 Å². The van der Waals surface area contributed by atoms with Gasteiger partial charge in [0.1, 0.15) is 0 Å². The van der Waals surface area contributed by atoms with Crippen LogP contribution in [0, 0.1) is 5.92 Å². The van der Waals surface area contributed by atoms with Gasteiger partial charge in [-0.1, -0.05) is 18.2 Å². The monoisotopic (exact) mass is 247 g/mol. The molecule has 0 aromatic heterocycles. The van der Waals surface area contributed by atoms with Gasteiger partial charge in [-0.15, -0.1) is 0 Å². The normalized spacial score (nSPS) is 24.8. The molecule has 98 valence electrons. The van der Waals surface area contributed by atoms with Gasteiger partial charge < -0.3 is 16.2 Å². The molecular weight excluding hydrogens is 226 g/mol. The standard InChI is InChI=1S/C14H21N3O/c15-14(17-12-4-2-1-3-5-12)16-10-11-6-8-13(18)9-7-11/h1-5,11,13,18H,6-10H2,(H3,15,16,17). The number of hydrogen-bond donors (Lipinski definition) is 3. The van der Waals surface area contributed by atoms with Crippen LogP contribution in [0.1, 0.15) is 25.7 Å². The Bertz CT molecular complexity index is 383. The smallest absolute Gasteiger partial charge is 0.193 e. The van der Waals surface area contributed by atoms with Gasteiger partial charge in [-0.25, -0.2) is 0 Å². The Morgan fingerprint density at radius 3 is 2.56 bits per heavy atom. The highest BCUT2D eigenvalue weighted by Crippen LogP contribution is 2.24. The Labute approximate surface area is 108 Å². The minimum absolute atomic E-state index is 0.106. The summed E-state index contributed by atoms with van der Waals surface area (Å²) in [7, 11) is 0. The van der Waals surface area contributed by atoms with Gasteiger partial charge in [-0.05, 0) is 43.7 Å². The number of anilines is 1. The van der Waals surface area contributed by atoms with E-state index < -0.39 is 0 Å². The Balaban J connectivity index is 1.79. The number of aliphatic hydroxyl groups is 1. The molecular formula is C14H21N3O. The van der Waals surface area contributed by atoms with Crippen molar-refractivity contribution in [3.05, 3.63) is 30.3 Å². The zero-order valence-electron chi connectivity index (χ0n) is 10.5. The molecule has 0 radical (unpaired) electrons. The summed E-state index contributed by atoms with van der Waals surface area (Å²) in [6, 6.07) is 9.79. The van der Waals surface area contributed by atoms with Crippen molar-refractivity contribution < 1.29 is 5.11 Å². The van der Waals surface area contributed by atoms with Gasteiger partial charge >= 0.3 is 0 Å². The first-order valence-electron chi connectivity index (χ1n) is 6.54. The molecule has 1 aliphatic rings. The molecule has 4 N–H and O–H groups in total. The number of guanidine groups is 1. The number of para-hydroxylation sites is 1. The van der Waals surface area contributed by atoms with Crippen molar-refractivity contribution in [2.24, 2.45) is 16.6 Å². The van der Waals surface area contributed by atoms with E-state index in [0.29, 0.717) is 11.9 Å². The largest absolute Gasteiger partial charge is 0.393 e. The molecule has 1 aliphatic carbocycles. The molecule has 0 atom stereocenters. The fraction of sp³-hybridized carbons (Fsp3) is 0.500. The maximum atomic E-state index is 9.43. The van der Waals surface area contributed by atoms with E-state index in [-0.39, 0.29) is 6.10 Å². The van der Waals surface area contributed by atoms with Gasteiger partial charge in [0, 0.05) is 12.2 Å². The van der Waals surface area contributed by atoms with Crippen molar-refractivity contribution in [2.75, 3.05) is 11.9 Å². The minimum atomic E-state index is -0.106. The second kappa shape index (κ2) is 6.40. The molecule has 4 heteroatoms. The van der Waals surface area contributed by atoms with Gasteiger partial charge in [0.05, 0.1) is 6.10 Å². The summed E-state index contributed by atoms with van der Waals surface area (Å²) in [5.41, 5.74) is 6.80. The third kappa shape index (κ3) is 4.04. The number of nitrogens with zero attached hydrogens (tertiary/aromatic N) is 1. The average molecular weight is 247 g/mol. The molecule has 0 saturated heterocycles. The molecule has 1 aromatic rings. The lowest BCUT2D eigenvalue weighted by Gasteiger charge is -2.23. The minimum Gasteiger partial charge on any atom is -0.393 e. The lowest BCUT2D eigenvalue weighted by Crippen LogP contribution is -2.25. The molecule has 0 spiro atoms. The summed E-state index contributed by atoms with van der Waals surface area (Å²) in [6.07, 6.45) is 3.77. The van der Waals surface area contributed by atoms with Crippen LogP contribution >= 0.6 is 0 Å². The summed E-state index contributed by atoms with van der Waals surface area (Å²) in [6.45, 7) is 0.748. The molecule has 1 fully saturated rings. The predicted molar refractivity (Wildman–Crippen MR) is 74.5 cm³/mol. The van der Waals surface area contributed by atoms with Crippen molar-refractivity contribution in [3.63, 3.8) is 0 Å². The van der Waals surface area contributed by atoms with Gasteiger partial charge in [-0.2, -0.15) is 0 Å². The summed E-state index contributed by atoms with van der Waals surface area (Å²) in [5, 5.41) is 12.5. The zero-order valence-corrected chi connectivity index (χ0v) is 10.5. The lowest BCUT2D eigenvalue weighted by molar-refractivity contribution is 0.110. The van der Waals surface area contributed by atoms with E-state index in [9.17, 15) is 5.11 Å². The second-order valence-electron chi connectivity index (χ2n) is 4.89. The SMILES string of the molecule is NC(=NCC1CCC(O)CC1)Nc1ccccc1. The van der Waals surface area contributed by atoms with E-state index in [1.807, 2.05) is 30.3 Å². The Morgan fingerprint density at radius 2 is 1.89 bits per heavy atom. The number of nitrogens with one attached hydrogen (secondary N) is 1. The van der Waals surface area contributed by atoms with Crippen molar-refractivity contribution in [1.29, 1.82) is 0 Å². The van der Waals surface area contributed by atoms with Crippen LogP contribution in [0.4, 0.5) is 5.69 Å². The number of benzene rings is 1. The molecule has 0 amide bonds. The third-order valence-electron chi connectivity index (χ3n) is 3.38. The number of rotatable bonds is 3. The van der Waals surface area contributed by atoms with Crippen LogP contribution in [0.2, 0.25) is 0 Å². The van der Waals surface area contributed by atoms with Crippen LogP contribution in [0.25, 0.3) is 0 Å². The number of nitrogens with two attached hydrogens (primary N) is 1. The van der Waals surface area contributed by atoms with Crippen molar-refractivity contribution in [2.45, 2.75) is 31.8 Å². The lowest BCUT2D eigenvalue weighted by atomic mass is 9.88. The fourth-order valence-electron chi connectivity index (χ4n) is 2.26. The average Bonchev–Trinajstić information content (AvgIpc) is 2.39. The van der Waals surface area contributed by atoms with Crippen LogP contribution in [0.3, 0.4) is 0 Å². The number of aliphatic imine (C=N–C) groups is 1. The van der Waals surface area contributed by atoms with Crippen molar-refractivity contribution in [1.82, 2.24) is 0 Å². The quantitative estimate of drug-likeness (QED) is 0.565. The van der Waals surface area contributed by atoms with E-state index in [0.717, 1.165) is 37.9 Å². The first kappa shape index (κ1) is 12.9. The van der Waals surface area contributed by atoms with Crippen LogP contribution in [0.15, 0.2) is 35.3 Å². The van der Waals surface area contributed by atoms with E-state index in [4.69, 9.17) is 5.73 Å².